The summed E-state index contributed by atoms with van der Waals surface area (Å²) in [5.41, 5.74) is 6.86. The van der Waals surface area contributed by atoms with Gasteiger partial charge < -0.3 is 20.5 Å². The molecule has 3 N–H and O–H groups in total. The maximum Gasteiger partial charge on any atom is 0.342 e. The Bertz CT molecular complexity index is 1170. The second-order valence-corrected chi connectivity index (χ2v) is 6.41. The van der Waals surface area contributed by atoms with Crippen LogP contribution in [0.3, 0.4) is 0 Å². The molecule has 0 saturated heterocycles. The Hall–Kier alpha value is -4.46. The Morgan fingerprint density at radius 1 is 0.839 bits per heavy atom. The number of aromatic nitrogens is 3. The largest absolute Gasteiger partial charge is 0.456 e. The van der Waals surface area contributed by atoms with Crippen molar-refractivity contribution < 1.29 is 14.3 Å². The first-order valence-electron chi connectivity index (χ1n) is 9.49. The molecule has 0 aliphatic carbocycles. The van der Waals surface area contributed by atoms with Gasteiger partial charge in [-0.25, -0.2) is 4.79 Å². The summed E-state index contributed by atoms with van der Waals surface area (Å²) in [6.45, 7) is -0.172. The van der Waals surface area contributed by atoms with Crippen LogP contribution < -0.4 is 15.8 Å². The third-order valence-electron chi connectivity index (χ3n) is 4.14. The molecule has 0 radical (unpaired) electrons. The molecule has 1 heterocycles. The van der Waals surface area contributed by atoms with Crippen LogP contribution in [0.4, 0.5) is 17.6 Å². The molecule has 154 valence electrons. The lowest BCUT2D eigenvalue weighted by Crippen LogP contribution is -2.11. The van der Waals surface area contributed by atoms with E-state index >= 15 is 0 Å². The number of hydrogen-bond acceptors (Lipinski definition) is 8. The lowest BCUT2D eigenvalue weighted by Gasteiger charge is -2.11. The van der Waals surface area contributed by atoms with Gasteiger partial charge in [0.15, 0.2) is 12.4 Å². The minimum atomic E-state index is -0.567. The van der Waals surface area contributed by atoms with Crippen LogP contribution in [0.2, 0.25) is 0 Å². The first-order chi connectivity index (χ1) is 15.2. The van der Waals surface area contributed by atoms with Crippen LogP contribution in [0.15, 0.2) is 84.9 Å². The molecule has 1 aromatic heterocycles. The fraction of sp³-hybridized carbons (Fsp3) is 0.0435. The number of rotatable bonds is 7. The number of nitrogens with one attached hydrogen (secondary N) is 1. The van der Waals surface area contributed by atoms with Crippen LogP contribution in [0.1, 0.15) is 16.2 Å². The van der Waals surface area contributed by atoms with Crippen molar-refractivity contribution in [1.82, 2.24) is 15.0 Å². The fourth-order valence-electron chi connectivity index (χ4n) is 2.76. The first-order valence-corrected chi connectivity index (χ1v) is 9.49. The third-order valence-corrected chi connectivity index (χ3v) is 4.14. The average Bonchev–Trinajstić information content (AvgIpc) is 2.79. The van der Waals surface area contributed by atoms with E-state index in [1.165, 1.54) is 0 Å². The Balaban J connectivity index is 1.46. The van der Waals surface area contributed by atoms with Crippen LogP contribution in [0.25, 0.3) is 0 Å². The van der Waals surface area contributed by atoms with Gasteiger partial charge in [0.25, 0.3) is 0 Å². The first kappa shape index (κ1) is 19.8. The van der Waals surface area contributed by atoms with Crippen molar-refractivity contribution in [2.45, 2.75) is 6.61 Å². The maximum absolute atomic E-state index is 12.7. The van der Waals surface area contributed by atoms with Gasteiger partial charge in [0.05, 0.1) is 0 Å². The van der Waals surface area contributed by atoms with E-state index in [9.17, 15) is 4.79 Å². The number of nitrogens with two attached hydrogens (primary N) is 1. The molecule has 0 atom stereocenters. The van der Waals surface area contributed by atoms with E-state index in [1.54, 1.807) is 36.4 Å². The van der Waals surface area contributed by atoms with E-state index in [-0.39, 0.29) is 29.9 Å². The summed E-state index contributed by atoms with van der Waals surface area (Å²) in [5, 5.41) is 3.04. The van der Waals surface area contributed by atoms with Crippen LogP contribution in [-0.2, 0) is 11.3 Å². The topological polar surface area (TPSA) is 112 Å². The van der Waals surface area contributed by atoms with E-state index < -0.39 is 5.97 Å². The molecule has 8 heteroatoms. The number of nitrogen functional groups attached to an aromatic ring is 1. The average molecular weight is 413 g/mol. The number of carbonyl (C=O) groups excluding carboxylic acids is 1. The van der Waals surface area contributed by atoms with Gasteiger partial charge in [0.2, 0.25) is 11.9 Å². The SMILES string of the molecule is Nc1nc(COC(=O)c2ccccc2Oc2ccccc2)nc(Nc2ccccc2)n1. The quantitative estimate of drug-likeness (QED) is 0.430. The minimum absolute atomic E-state index is 0.0206. The lowest BCUT2D eigenvalue weighted by atomic mass is 10.2. The van der Waals surface area contributed by atoms with Crippen molar-refractivity contribution in [1.29, 1.82) is 0 Å². The maximum atomic E-state index is 12.7. The zero-order valence-electron chi connectivity index (χ0n) is 16.4. The Kier molecular flexibility index (Phi) is 5.99. The summed E-state index contributed by atoms with van der Waals surface area (Å²) < 4.78 is 11.2. The zero-order chi connectivity index (χ0) is 21.5. The van der Waals surface area contributed by atoms with E-state index in [0.717, 1.165) is 5.69 Å². The van der Waals surface area contributed by atoms with Gasteiger partial charge in [-0.2, -0.15) is 15.0 Å². The van der Waals surface area contributed by atoms with Crippen LogP contribution in [-0.4, -0.2) is 20.9 Å². The highest BCUT2D eigenvalue weighted by Gasteiger charge is 2.16. The van der Waals surface area contributed by atoms with Crippen molar-refractivity contribution >= 4 is 23.6 Å². The van der Waals surface area contributed by atoms with Gasteiger partial charge in [-0.1, -0.05) is 48.5 Å². The molecule has 0 fully saturated rings. The van der Waals surface area contributed by atoms with E-state index in [1.807, 2.05) is 48.5 Å². The van der Waals surface area contributed by atoms with Gasteiger partial charge in [-0.3, -0.25) is 0 Å². The number of para-hydroxylation sites is 3. The molecule has 0 bridgehead atoms. The molecule has 0 amide bonds. The number of carbonyl (C=O) groups is 1. The molecule has 4 aromatic rings. The monoisotopic (exact) mass is 413 g/mol. The normalized spacial score (nSPS) is 10.3. The van der Waals surface area contributed by atoms with Gasteiger partial charge in [-0.05, 0) is 36.4 Å². The Morgan fingerprint density at radius 3 is 2.29 bits per heavy atom. The predicted molar refractivity (Wildman–Crippen MR) is 116 cm³/mol. The number of esters is 1. The van der Waals surface area contributed by atoms with Crippen molar-refractivity contribution in [3.8, 4) is 11.5 Å². The van der Waals surface area contributed by atoms with Crippen molar-refractivity contribution in [2.24, 2.45) is 0 Å². The molecule has 0 unspecified atom stereocenters. The predicted octanol–water partition coefficient (Wildman–Crippen LogP) is 4.35. The second kappa shape index (κ2) is 9.36. The summed E-state index contributed by atoms with van der Waals surface area (Å²) in [6, 6.07) is 25.4. The highest BCUT2D eigenvalue weighted by atomic mass is 16.5. The third kappa shape index (κ3) is 5.33. The molecular formula is C23H19N5O3. The summed E-state index contributed by atoms with van der Waals surface area (Å²) in [6.07, 6.45) is 0. The number of benzene rings is 3. The molecule has 3 aromatic carbocycles. The summed E-state index contributed by atoms with van der Waals surface area (Å²) in [5.74, 6) is 0.943. The molecule has 0 spiro atoms. The molecular weight excluding hydrogens is 394 g/mol. The summed E-state index contributed by atoms with van der Waals surface area (Å²) in [7, 11) is 0. The summed E-state index contributed by atoms with van der Waals surface area (Å²) >= 11 is 0. The van der Waals surface area contributed by atoms with Gasteiger partial charge in [0.1, 0.15) is 17.1 Å². The number of anilines is 3. The van der Waals surface area contributed by atoms with Gasteiger partial charge in [0, 0.05) is 5.69 Å². The highest BCUT2D eigenvalue weighted by molar-refractivity contribution is 5.92. The Labute approximate surface area is 178 Å². The summed E-state index contributed by atoms with van der Waals surface area (Å²) in [4.78, 5) is 25.0. The van der Waals surface area contributed by atoms with Crippen LogP contribution in [0.5, 0.6) is 11.5 Å². The fourth-order valence-corrected chi connectivity index (χ4v) is 2.76. The van der Waals surface area contributed by atoms with E-state index in [4.69, 9.17) is 15.2 Å². The van der Waals surface area contributed by atoms with Gasteiger partial charge >= 0.3 is 5.97 Å². The highest BCUT2D eigenvalue weighted by Crippen LogP contribution is 2.25. The zero-order valence-corrected chi connectivity index (χ0v) is 16.4. The van der Waals surface area contributed by atoms with Gasteiger partial charge in [-0.15, -0.1) is 0 Å². The molecule has 4 rings (SSSR count). The molecule has 0 saturated carbocycles. The van der Waals surface area contributed by atoms with E-state index in [0.29, 0.717) is 11.5 Å². The van der Waals surface area contributed by atoms with Crippen LogP contribution >= 0.6 is 0 Å². The van der Waals surface area contributed by atoms with Crippen molar-refractivity contribution in [3.63, 3.8) is 0 Å². The number of hydrogen-bond donors (Lipinski definition) is 2. The molecule has 31 heavy (non-hydrogen) atoms. The lowest BCUT2D eigenvalue weighted by molar-refractivity contribution is 0.0459. The van der Waals surface area contributed by atoms with Crippen molar-refractivity contribution in [3.05, 3.63) is 96.3 Å². The Morgan fingerprint density at radius 2 is 1.52 bits per heavy atom. The smallest absolute Gasteiger partial charge is 0.342 e. The standard InChI is InChI=1S/C23H19N5O3/c24-22-26-20(27-23(28-22)25-16-9-3-1-4-10-16)15-30-21(29)18-13-7-8-14-19(18)31-17-11-5-2-6-12-17/h1-14H,15H2,(H3,24,25,26,27,28). The number of nitrogens with zero attached hydrogens (tertiary/aromatic N) is 3. The molecule has 8 nitrogen and oxygen atoms in total. The molecule has 0 aliphatic rings. The second-order valence-electron chi connectivity index (χ2n) is 6.41. The van der Waals surface area contributed by atoms with Crippen LogP contribution in [0, 0.1) is 0 Å². The number of ether oxygens (including phenoxy) is 2. The van der Waals surface area contributed by atoms with E-state index in [2.05, 4.69) is 20.3 Å². The minimum Gasteiger partial charge on any atom is -0.456 e. The molecule has 0 aliphatic heterocycles. The van der Waals surface area contributed by atoms with Crippen molar-refractivity contribution in [2.75, 3.05) is 11.1 Å².